The quantitative estimate of drug-likeness (QED) is 0.585. The van der Waals surface area contributed by atoms with Gasteiger partial charge in [-0.25, -0.2) is 0 Å². The minimum absolute atomic E-state index is 0.947. The molecule has 9 heavy (non-hydrogen) atoms. The van der Waals surface area contributed by atoms with Gasteiger partial charge in [0.15, 0.2) is 0 Å². The van der Waals surface area contributed by atoms with Gasteiger partial charge in [-0.2, -0.15) is 0 Å². The molecule has 0 aromatic carbocycles. The first-order valence-corrected chi connectivity index (χ1v) is 5.80. The van der Waals surface area contributed by atoms with Crippen LogP contribution in [0.25, 0.3) is 0 Å². The zero-order valence-corrected chi connectivity index (χ0v) is 6.59. The average Bonchev–Trinajstić information content (AvgIpc) is 2.08. The summed E-state index contributed by atoms with van der Waals surface area (Å²) < 4.78 is 4.82. The summed E-state index contributed by atoms with van der Waals surface area (Å²) >= 11 is 0. The average molecular weight is 142 g/mol. The Morgan fingerprint density at radius 2 is 2.22 bits per heavy atom. The molecule has 0 aliphatic carbocycles. The lowest BCUT2D eigenvalue weighted by atomic mass is 10.7. The number of hydrogen-bond donors (Lipinski definition) is 1. The van der Waals surface area contributed by atoms with Crippen LogP contribution in [0, 0.1) is 0 Å². The largest absolute Gasteiger partial charge is 0.473 e. The molecule has 1 heterocycles. The fourth-order valence-corrected chi connectivity index (χ4v) is 1.44. The summed E-state index contributed by atoms with van der Waals surface area (Å²) in [6.07, 6.45) is 3.19. The highest BCUT2D eigenvalue weighted by atomic mass is 28.4. The second kappa shape index (κ2) is 2.00. The lowest BCUT2D eigenvalue weighted by Crippen LogP contribution is -2.40. The third kappa shape index (κ3) is 1.43. The molecule has 1 rings (SSSR count). The molecular weight excluding hydrogens is 132 g/mol. The van der Waals surface area contributed by atoms with E-state index in [2.05, 4.69) is 0 Å². The molecule has 2 nitrogen and oxygen atoms in total. The van der Waals surface area contributed by atoms with Crippen LogP contribution in [0.4, 0.5) is 0 Å². The zero-order chi connectivity index (χ0) is 6.91. The SMILES string of the molecule is C[Si](C)(O)c1ccoc1. The van der Waals surface area contributed by atoms with Crippen molar-refractivity contribution in [3.05, 3.63) is 18.6 Å². The molecule has 0 spiro atoms. The Bertz CT molecular complexity index is 173. The van der Waals surface area contributed by atoms with Crippen molar-refractivity contribution in [2.45, 2.75) is 13.1 Å². The van der Waals surface area contributed by atoms with Crippen molar-refractivity contribution >= 4 is 13.5 Å². The maximum Gasteiger partial charge on any atom is 0.217 e. The van der Waals surface area contributed by atoms with Crippen LogP contribution in [0.3, 0.4) is 0 Å². The van der Waals surface area contributed by atoms with E-state index in [1.54, 1.807) is 12.5 Å². The fourth-order valence-electron chi connectivity index (χ4n) is 0.613. The lowest BCUT2D eigenvalue weighted by Gasteiger charge is -2.09. The molecule has 0 aliphatic rings. The molecule has 0 radical (unpaired) electrons. The Hall–Kier alpha value is -0.543. The molecule has 3 heteroatoms. The van der Waals surface area contributed by atoms with Crippen LogP contribution in [0.1, 0.15) is 0 Å². The first-order valence-electron chi connectivity index (χ1n) is 2.86. The van der Waals surface area contributed by atoms with Gasteiger partial charge in [-0.3, -0.25) is 0 Å². The molecule has 0 saturated heterocycles. The maximum atomic E-state index is 9.46. The van der Waals surface area contributed by atoms with Gasteiger partial charge in [-0.05, 0) is 19.2 Å². The van der Waals surface area contributed by atoms with Gasteiger partial charge < -0.3 is 9.21 Å². The van der Waals surface area contributed by atoms with Gasteiger partial charge in [0.2, 0.25) is 8.32 Å². The van der Waals surface area contributed by atoms with Gasteiger partial charge >= 0.3 is 0 Å². The Morgan fingerprint density at radius 3 is 2.44 bits per heavy atom. The van der Waals surface area contributed by atoms with Gasteiger partial charge in [0.05, 0.1) is 12.5 Å². The van der Waals surface area contributed by atoms with Crippen LogP contribution in [0.15, 0.2) is 23.0 Å². The van der Waals surface area contributed by atoms with Crippen LogP contribution in [-0.2, 0) is 0 Å². The standard InChI is InChI=1S/C6H10O2Si/c1-9(2,7)6-3-4-8-5-6/h3-5,7H,1-2H3. The third-order valence-corrected chi connectivity index (χ3v) is 2.93. The van der Waals surface area contributed by atoms with Gasteiger partial charge in [0, 0.05) is 5.19 Å². The van der Waals surface area contributed by atoms with E-state index in [0.29, 0.717) is 0 Å². The van der Waals surface area contributed by atoms with E-state index in [0.717, 1.165) is 5.19 Å². The predicted octanol–water partition coefficient (Wildman–Crippen LogP) is 0.684. The molecule has 50 valence electrons. The van der Waals surface area contributed by atoms with Crippen molar-refractivity contribution in [1.29, 1.82) is 0 Å². The summed E-state index contributed by atoms with van der Waals surface area (Å²) in [5.41, 5.74) is 0. The van der Waals surface area contributed by atoms with Crippen LogP contribution in [-0.4, -0.2) is 13.1 Å². The van der Waals surface area contributed by atoms with E-state index in [9.17, 15) is 4.80 Å². The minimum atomic E-state index is -2.07. The van der Waals surface area contributed by atoms with E-state index in [4.69, 9.17) is 4.42 Å². The normalized spacial score (nSPS) is 11.9. The van der Waals surface area contributed by atoms with Crippen molar-refractivity contribution in [3.8, 4) is 0 Å². The van der Waals surface area contributed by atoms with Crippen molar-refractivity contribution in [1.82, 2.24) is 0 Å². The second-order valence-corrected chi connectivity index (χ2v) is 6.27. The molecule has 0 amide bonds. The number of rotatable bonds is 1. The fraction of sp³-hybridized carbons (Fsp3) is 0.333. The summed E-state index contributed by atoms with van der Waals surface area (Å²) in [5.74, 6) is 0. The highest BCUT2D eigenvalue weighted by Crippen LogP contribution is 1.97. The van der Waals surface area contributed by atoms with Crippen molar-refractivity contribution < 1.29 is 9.21 Å². The van der Waals surface area contributed by atoms with E-state index in [-0.39, 0.29) is 0 Å². The van der Waals surface area contributed by atoms with Gasteiger partial charge in [0.25, 0.3) is 0 Å². The highest BCUT2D eigenvalue weighted by molar-refractivity contribution is 6.83. The Morgan fingerprint density at radius 1 is 1.56 bits per heavy atom. The topological polar surface area (TPSA) is 33.4 Å². The number of furan rings is 1. The monoisotopic (exact) mass is 142 g/mol. The smallest absolute Gasteiger partial charge is 0.217 e. The molecule has 1 aromatic rings. The predicted molar refractivity (Wildman–Crippen MR) is 38.0 cm³/mol. The molecule has 0 unspecified atom stereocenters. The first-order chi connectivity index (χ1) is 4.11. The van der Waals surface area contributed by atoms with Crippen LogP contribution < -0.4 is 5.19 Å². The van der Waals surface area contributed by atoms with Crippen LogP contribution in [0.5, 0.6) is 0 Å². The van der Waals surface area contributed by atoms with Gasteiger partial charge in [-0.1, -0.05) is 0 Å². The van der Waals surface area contributed by atoms with E-state index in [1.807, 2.05) is 19.2 Å². The van der Waals surface area contributed by atoms with Gasteiger partial charge in [0.1, 0.15) is 0 Å². The second-order valence-electron chi connectivity index (χ2n) is 2.57. The Balaban J connectivity index is 2.90. The van der Waals surface area contributed by atoms with Crippen molar-refractivity contribution in [2.75, 3.05) is 0 Å². The molecular formula is C6H10O2Si. The zero-order valence-electron chi connectivity index (χ0n) is 5.59. The summed E-state index contributed by atoms with van der Waals surface area (Å²) in [6.45, 7) is 3.72. The van der Waals surface area contributed by atoms with Crippen LogP contribution >= 0.6 is 0 Å². The third-order valence-electron chi connectivity index (χ3n) is 1.23. The van der Waals surface area contributed by atoms with Crippen LogP contribution in [0.2, 0.25) is 13.1 Å². The first kappa shape index (κ1) is 6.58. The molecule has 1 N–H and O–H groups in total. The summed E-state index contributed by atoms with van der Waals surface area (Å²) in [6, 6.07) is 1.81. The maximum absolute atomic E-state index is 9.46. The molecule has 1 aromatic heterocycles. The Kier molecular flexibility index (Phi) is 1.46. The van der Waals surface area contributed by atoms with E-state index in [1.165, 1.54) is 0 Å². The molecule has 0 bridgehead atoms. The van der Waals surface area contributed by atoms with Crippen molar-refractivity contribution in [3.63, 3.8) is 0 Å². The minimum Gasteiger partial charge on any atom is -0.473 e. The number of hydrogen-bond acceptors (Lipinski definition) is 2. The van der Waals surface area contributed by atoms with E-state index < -0.39 is 8.32 Å². The molecule has 0 aliphatic heterocycles. The van der Waals surface area contributed by atoms with Gasteiger partial charge in [-0.15, -0.1) is 0 Å². The highest BCUT2D eigenvalue weighted by Gasteiger charge is 2.20. The summed E-state index contributed by atoms with van der Waals surface area (Å²) in [7, 11) is -2.07. The lowest BCUT2D eigenvalue weighted by molar-refractivity contribution is 0.557. The Labute approximate surface area is 55.3 Å². The molecule has 0 fully saturated rings. The van der Waals surface area contributed by atoms with E-state index >= 15 is 0 Å². The summed E-state index contributed by atoms with van der Waals surface area (Å²) in [4.78, 5) is 9.46. The van der Waals surface area contributed by atoms with Crippen molar-refractivity contribution in [2.24, 2.45) is 0 Å². The molecule has 0 atom stereocenters. The summed E-state index contributed by atoms with van der Waals surface area (Å²) in [5, 5.41) is 0.947. The molecule has 0 saturated carbocycles.